The largest absolute Gasteiger partial charge is 0.381 e. The van der Waals surface area contributed by atoms with E-state index < -0.39 is 5.82 Å². The lowest BCUT2D eigenvalue weighted by Crippen LogP contribution is -2.04. The van der Waals surface area contributed by atoms with E-state index in [1.807, 2.05) is 20.0 Å². The van der Waals surface area contributed by atoms with Crippen molar-refractivity contribution in [1.29, 1.82) is 0 Å². The van der Waals surface area contributed by atoms with E-state index in [-0.39, 0.29) is 5.82 Å². The molecule has 3 rings (SSSR count). The number of halogens is 1. The highest BCUT2D eigenvalue weighted by molar-refractivity contribution is 5.84. The standard InChI is InChI=1S/C17H19FN6/c1-5-14-12-6-10(8-20-17(12)24(4)23-14)21-16-11(9(2)3)7-13(18)15(19)22-16/h6-8H,2,5H2,1,3-4H3,(H3,19,21,22). The molecular weight excluding hydrogens is 307 g/mol. The number of aromatic nitrogens is 4. The van der Waals surface area contributed by atoms with E-state index in [1.54, 1.807) is 17.8 Å². The number of nitrogen functional groups attached to an aromatic ring is 1. The lowest BCUT2D eigenvalue weighted by atomic mass is 10.1. The molecule has 0 aliphatic heterocycles. The van der Waals surface area contributed by atoms with Crippen molar-refractivity contribution in [2.45, 2.75) is 20.3 Å². The Kier molecular flexibility index (Phi) is 3.92. The zero-order chi connectivity index (χ0) is 17.4. The van der Waals surface area contributed by atoms with E-state index in [2.05, 4.69) is 27.0 Å². The first-order valence-corrected chi connectivity index (χ1v) is 7.61. The minimum atomic E-state index is -0.562. The fourth-order valence-electron chi connectivity index (χ4n) is 2.60. The maximum Gasteiger partial charge on any atom is 0.166 e. The Balaban J connectivity index is 2.07. The van der Waals surface area contributed by atoms with Crippen LogP contribution in [0.25, 0.3) is 16.6 Å². The summed E-state index contributed by atoms with van der Waals surface area (Å²) in [5.41, 5.74) is 9.36. The summed E-state index contributed by atoms with van der Waals surface area (Å²) in [6.45, 7) is 7.69. The number of pyridine rings is 2. The number of hydrogen-bond donors (Lipinski definition) is 2. The fraction of sp³-hybridized carbons (Fsp3) is 0.235. The number of nitrogens with one attached hydrogen (secondary N) is 1. The Morgan fingerprint density at radius 3 is 2.83 bits per heavy atom. The molecule has 0 aliphatic rings. The summed E-state index contributed by atoms with van der Waals surface area (Å²) < 4.78 is 15.4. The number of rotatable bonds is 4. The average Bonchev–Trinajstić information content (AvgIpc) is 2.86. The van der Waals surface area contributed by atoms with Gasteiger partial charge in [0.1, 0.15) is 5.82 Å². The molecule has 0 amide bonds. The maximum atomic E-state index is 13.7. The van der Waals surface area contributed by atoms with Crippen LogP contribution in [0.4, 0.5) is 21.7 Å². The summed E-state index contributed by atoms with van der Waals surface area (Å²) in [6.07, 6.45) is 2.49. The summed E-state index contributed by atoms with van der Waals surface area (Å²) in [6, 6.07) is 3.29. The molecule has 3 aromatic heterocycles. The molecule has 0 unspecified atom stereocenters. The van der Waals surface area contributed by atoms with Gasteiger partial charge in [-0.2, -0.15) is 5.10 Å². The van der Waals surface area contributed by atoms with Crippen molar-refractivity contribution in [2.75, 3.05) is 11.1 Å². The first kappa shape index (κ1) is 15.9. The van der Waals surface area contributed by atoms with Gasteiger partial charge in [0.15, 0.2) is 17.3 Å². The molecule has 24 heavy (non-hydrogen) atoms. The van der Waals surface area contributed by atoms with E-state index in [0.29, 0.717) is 17.0 Å². The Morgan fingerprint density at radius 2 is 2.17 bits per heavy atom. The quantitative estimate of drug-likeness (QED) is 0.767. The van der Waals surface area contributed by atoms with Gasteiger partial charge in [0, 0.05) is 18.0 Å². The Morgan fingerprint density at radius 1 is 1.42 bits per heavy atom. The number of anilines is 3. The third kappa shape index (κ3) is 2.68. The van der Waals surface area contributed by atoms with Gasteiger partial charge >= 0.3 is 0 Å². The predicted octanol–water partition coefficient (Wildman–Crippen LogP) is 3.42. The van der Waals surface area contributed by atoms with Crippen LogP contribution in [-0.4, -0.2) is 19.7 Å². The van der Waals surface area contributed by atoms with Crippen molar-refractivity contribution < 1.29 is 4.39 Å². The second-order valence-electron chi connectivity index (χ2n) is 5.68. The molecule has 7 heteroatoms. The minimum absolute atomic E-state index is 0.160. The minimum Gasteiger partial charge on any atom is -0.381 e. The number of allylic oxidation sites excluding steroid dienone is 1. The molecule has 3 N–H and O–H groups in total. The topological polar surface area (TPSA) is 81.7 Å². The van der Waals surface area contributed by atoms with Crippen molar-refractivity contribution in [1.82, 2.24) is 19.7 Å². The number of nitrogens with two attached hydrogens (primary N) is 1. The van der Waals surface area contributed by atoms with Crippen molar-refractivity contribution in [3.05, 3.63) is 42.0 Å². The molecule has 0 saturated heterocycles. The van der Waals surface area contributed by atoms with Crippen LogP contribution in [0, 0.1) is 5.82 Å². The fourth-order valence-corrected chi connectivity index (χ4v) is 2.60. The van der Waals surface area contributed by atoms with Crippen molar-refractivity contribution in [2.24, 2.45) is 7.05 Å². The Hall–Kier alpha value is -2.96. The van der Waals surface area contributed by atoms with Gasteiger partial charge in [0.25, 0.3) is 0 Å². The first-order chi connectivity index (χ1) is 11.4. The molecule has 124 valence electrons. The van der Waals surface area contributed by atoms with Crippen LogP contribution in [0.1, 0.15) is 25.1 Å². The highest BCUT2D eigenvalue weighted by Crippen LogP contribution is 2.28. The highest BCUT2D eigenvalue weighted by atomic mass is 19.1. The van der Waals surface area contributed by atoms with Crippen LogP contribution in [0.15, 0.2) is 24.9 Å². The second kappa shape index (κ2) is 5.92. The third-order valence-corrected chi connectivity index (χ3v) is 3.82. The monoisotopic (exact) mass is 326 g/mol. The van der Waals surface area contributed by atoms with E-state index in [1.165, 1.54) is 6.07 Å². The molecule has 0 atom stereocenters. The lowest BCUT2D eigenvalue weighted by Gasteiger charge is -2.12. The van der Waals surface area contributed by atoms with Gasteiger partial charge in [-0.05, 0) is 31.1 Å². The van der Waals surface area contributed by atoms with Gasteiger partial charge < -0.3 is 11.1 Å². The van der Waals surface area contributed by atoms with Crippen molar-refractivity contribution in [3.63, 3.8) is 0 Å². The van der Waals surface area contributed by atoms with E-state index in [4.69, 9.17) is 5.73 Å². The van der Waals surface area contributed by atoms with Gasteiger partial charge in [-0.3, -0.25) is 4.68 Å². The molecule has 0 aromatic carbocycles. The van der Waals surface area contributed by atoms with Crippen molar-refractivity contribution in [3.8, 4) is 0 Å². The van der Waals surface area contributed by atoms with Crippen molar-refractivity contribution >= 4 is 33.9 Å². The smallest absolute Gasteiger partial charge is 0.166 e. The molecule has 0 fully saturated rings. The molecule has 6 nitrogen and oxygen atoms in total. The highest BCUT2D eigenvalue weighted by Gasteiger charge is 2.13. The van der Waals surface area contributed by atoms with Crippen LogP contribution in [-0.2, 0) is 13.5 Å². The number of nitrogens with zero attached hydrogens (tertiary/aromatic N) is 4. The summed E-state index contributed by atoms with van der Waals surface area (Å²) >= 11 is 0. The molecule has 0 saturated carbocycles. The average molecular weight is 326 g/mol. The molecule has 0 radical (unpaired) electrons. The van der Waals surface area contributed by atoms with Gasteiger partial charge in [-0.15, -0.1) is 0 Å². The molecule has 0 aliphatic carbocycles. The predicted molar refractivity (Wildman–Crippen MR) is 94.5 cm³/mol. The molecule has 3 heterocycles. The summed E-state index contributed by atoms with van der Waals surface area (Å²) in [5.74, 6) is -0.274. The Labute approximate surface area is 139 Å². The number of hydrogen-bond acceptors (Lipinski definition) is 5. The summed E-state index contributed by atoms with van der Waals surface area (Å²) in [4.78, 5) is 8.54. The summed E-state index contributed by atoms with van der Waals surface area (Å²) in [7, 11) is 1.86. The molecule has 0 bridgehead atoms. The SMILES string of the molecule is C=C(C)c1cc(F)c(N)nc1Nc1cnc2c(c1)c(CC)nn2C. The van der Waals surface area contributed by atoms with E-state index >= 15 is 0 Å². The van der Waals surface area contributed by atoms with Gasteiger partial charge in [0.2, 0.25) is 0 Å². The number of fused-ring (bicyclic) bond motifs is 1. The normalized spacial score (nSPS) is 11.0. The van der Waals surface area contributed by atoms with E-state index in [9.17, 15) is 4.39 Å². The van der Waals surface area contributed by atoms with E-state index in [0.717, 1.165) is 28.8 Å². The lowest BCUT2D eigenvalue weighted by molar-refractivity contribution is 0.627. The van der Waals surface area contributed by atoms with Crippen LogP contribution in [0.5, 0.6) is 0 Å². The molecular formula is C17H19FN6. The summed E-state index contributed by atoms with van der Waals surface area (Å²) in [5, 5.41) is 8.58. The molecule has 0 spiro atoms. The zero-order valence-corrected chi connectivity index (χ0v) is 13.9. The van der Waals surface area contributed by atoms with Crippen LogP contribution in [0.2, 0.25) is 0 Å². The van der Waals surface area contributed by atoms with Crippen LogP contribution >= 0.6 is 0 Å². The van der Waals surface area contributed by atoms with Gasteiger partial charge in [-0.25, -0.2) is 14.4 Å². The van der Waals surface area contributed by atoms with Gasteiger partial charge in [0.05, 0.1) is 17.6 Å². The third-order valence-electron chi connectivity index (χ3n) is 3.82. The van der Waals surface area contributed by atoms with Crippen LogP contribution < -0.4 is 11.1 Å². The number of aryl methyl sites for hydroxylation is 2. The Bertz CT molecular complexity index is 944. The maximum absolute atomic E-state index is 13.7. The second-order valence-corrected chi connectivity index (χ2v) is 5.68. The molecule has 3 aromatic rings. The zero-order valence-electron chi connectivity index (χ0n) is 13.9. The van der Waals surface area contributed by atoms with Crippen LogP contribution in [0.3, 0.4) is 0 Å². The first-order valence-electron chi connectivity index (χ1n) is 7.61. The van der Waals surface area contributed by atoms with Gasteiger partial charge in [-0.1, -0.05) is 13.5 Å².